The number of fused-ring (bicyclic) bond motifs is 1. The summed E-state index contributed by atoms with van der Waals surface area (Å²) in [5, 5.41) is 0. The highest BCUT2D eigenvalue weighted by Crippen LogP contribution is 2.28. The second-order valence-electron chi connectivity index (χ2n) is 7.56. The molecule has 8 heteroatoms. The van der Waals surface area contributed by atoms with Crippen LogP contribution in [0.2, 0.25) is 0 Å². The fourth-order valence-electron chi connectivity index (χ4n) is 4.02. The number of aryl methyl sites for hydroxylation is 1. The van der Waals surface area contributed by atoms with Crippen molar-refractivity contribution in [2.45, 2.75) is 32.6 Å². The first-order valence-corrected chi connectivity index (χ1v) is 9.58. The molecule has 2 aliphatic rings. The van der Waals surface area contributed by atoms with E-state index in [4.69, 9.17) is 10.2 Å². The minimum absolute atomic E-state index is 0.0161. The minimum Gasteiger partial charge on any atom is -0.422 e. The van der Waals surface area contributed by atoms with Crippen LogP contribution in [-0.4, -0.2) is 52.9 Å². The molecule has 2 N–H and O–H groups in total. The van der Waals surface area contributed by atoms with Crippen molar-refractivity contribution in [3.63, 3.8) is 0 Å². The summed E-state index contributed by atoms with van der Waals surface area (Å²) in [5.41, 5.74) is 7.63. The van der Waals surface area contributed by atoms with E-state index in [-0.39, 0.29) is 23.7 Å². The molecule has 0 aromatic carbocycles. The highest BCUT2D eigenvalue weighted by atomic mass is 16.4. The molecule has 2 saturated heterocycles. The van der Waals surface area contributed by atoms with Gasteiger partial charge in [0.2, 0.25) is 17.5 Å². The number of piperidine rings is 2. The van der Waals surface area contributed by atoms with Gasteiger partial charge in [0.05, 0.1) is 5.92 Å². The molecule has 2 aromatic heterocycles. The van der Waals surface area contributed by atoms with Gasteiger partial charge in [0.1, 0.15) is 0 Å². The topological polar surface area (TPSA) is 106 Å². The number of aromatic nitrogens is 2. The summed E-state index contributed by atoms with van der Waals surface area (Å²) in [7, 11) is 0. The van der Waals surface area contributed by atoms with Crippen molar-refractivity contribution in [1.82, 2.24) is 14.9 Å². The number of amides is 2. The van der Waals surface area contributed by atoms with Gasteiger partial charge in [-0.05, 0) is 44.7 Å². The molecule has 0 radical (unpaired) electrons. The number of hydrogen-bond acceptors (Lipinski definition) is 6. The molecule has 1 unspecified atom stereocenters. The van der Waals surface area contributed by atoms with Gasteiger partial charge in [-0.3, -0.25) is 9.59 Å². The molecule has 2 aromatic rings. The third-order valence-electron chi connectivity index (χ3n) is 5.63. The van der Waals surface area contributed by atoms with Crippen molar-refractivity contribution in [1.29, 1.82) is 0 Å². The Labute approximate surface area is 157 Å². The van der Waals surface area contributed by atoms with E-state index in [9.17, 15) is 9.59 Å². The van der Waals surface area contributed by atoms with Crippen molar-refractivity contribution in [2.75, 3.05) is 31.1 Å². The first kappa shape index (κ1) is 17.8. The first-order valence-electron chi connectivity index (χ1n) is 9.58. The van der Waals surface area contributed by atoms with Crippen LogP contribution < -0.4 is 10.6 Å². The van der Waals surface area contributed by atoms with Gasteiger partial charge in [-0.1, -0.05) is 0 Å². The summed E-state index contributed by atoms with van der Waals surface area (Å²) in [4.78, 5) is 37.1. The Hall–Kier alpha value is -2.64. The number of primary amides is 1. The lowest BCUT2D eigenvalue weighted by Crippen LogP contribution is -2.48. The highest BCUT2D eigenvalue weighted by molar-refractivity contribution is 5.81. The molecule has 0 bridgehead atoms. The fraction of sp³-hybridized carbons (Fsp3) is 0.579. The molecule has 2 aliphatic heterocycles. The van der Waals surface area contributed by atoms with Crippen LogP contribution in [0.15, 0.2) is 16.5 Å². The van der Waals surface area contributed by atoms with Crippen molar-refractivity contribution in [3.05, 3.63) is 17.8 Å². The van der Waals surface area contributed by atoms with Gasteiger partial charge in [-0.25, -0.2) is 4.98 Å². The molecule has 2 amide bonds. The lowest BCUT2D eigenvalue weighted by molar-refractivity contribution is -0.139. The molecule has 4 heterocycles. The summed E-state index contributed by atoms with van der Waals surface area (Å²) in [6, 6.07) is 4.36. The van der Waals surface area contributed by atoms with Crippen LogP contribution in [0.5, 0.6) is 0 Å². The van der Waals surface area contributed by atoms with Gasteiger partial charge >= 0.3 is 0 Å². The van der Waals surface area contributed by atoms with Crippen molar-refractivity contribution < 1.29 is 14.0 Å². The zero-order valence-corrected chi connectivity index (χ0v) is 15.6. The van der Waals surface area contributed by atoms with Crippen LogP contribution in [0.25, 0.3) is 11.2 Å². The van der Waals surface area contributed by atoms with E-state index in [2.05, 4.69) is 14.9 Å². The van der Waals surface area contributed by atoms with E-state index in [1.54, 1.807) is 0 Å². The van der Waals surface area contributed by atoms with Gasteiger partial charge in [0.25, 0.3) is 6.01 Å². The molecule has 1 atom stereocenters. The van der Waals surface area contributed by atoms with Crippen molar-refractivity contribution in [2.24, 2.45) is 17.6 Å². The van der Waals surface area contributed by atoms with Crippen LogP contribution >= 0.6 is 0 Å². The second-order valence-corrected chi connectivity index (χ2v) is 7.56. The van der Waals surface area contributed by atoms with E-state index in [0.29, 0.717) is 23.8 Å². The van der Waals surface area contributed by atoms with E-state index >= 15 is 0 Å². The fourth-order valence-corrected chi connectivity index (χ4v) is 4.02. The van der Waals surface area contributed by atoms with Crippen molar-refractivity contribution in [3.8, 4) is 0 Å². The van der Waals surface area contributed by atoms with Gasteiger partial charge in [0, 0.05) is 37.8 Å². The number of rotatable bonds is 3. The molecule has 0 saturated carbocycles. The Morgan fingerprint density at radius 3 is 2.63 bits per heavy atom. The maximum atomic E-state index is 12.8. The van der Waals surface area contributed by atoms with E-state index in [1.165, 1.54) is 0 Å². The third-order valence-corrected chi connectivity index (χ3v) is 5.63. The Balaban J connectivity index is 1.38. The lowest BCUT2D eigenvalue weighted by atomic mass is 9.92. The summed E-state index contributed by atoms with van der Waals surface area (Å²) < 4.78 is 5.82. The first-order chi connectivity index (χ1) is 13.0. The zero-order valence-electron chi connectivity index (χ0n) is 15.6. The Morgan fingerprint density at radius 1 is 1.11 bits per heavy atom. The maximum Gasteiger partial charge on any atom is 0.299 e. The van der Waals surface area contributed by atoms with E-state index in [1.807, 2.05) is 24.0 Å². The normalized spacial score (nSPS) is 21.6. The third kappa shape index (κ3) is 3.61. The number of oxazole rings is 1. The largest absolute Gasteiger partial charge is 0.422 e. The molecule has 144 valence electrons. The summed E-state index contributed by atoms with van der Waals surface area (Å²) >= 11 is 0. The van der Waals surface area contributed by atoms with E-state index < -0.39 is 0 Å². The minimum atomic E-state index is -0.304. The number of anilines is 1. The summed E-state index contributed by atoms with van der Waals surface area (Å²) in [5.74, 6) is -0.381. The number of likely N-dealkylation sites (tertiary alicyclic amines) is 1. The average molecular weight is 371 g/mol. The number of carbonyl (C=O) groups is 2. The van der Waals surface area contributed by atoms with E-state index in [0.717, 1.165) is 51.0 Å². The van der Waals surface area contributed by atoms with Crippen LogP contribution in [0.4, 0.5) is 6.01 Å². The Bertz CT molecular complexity index is 856. The molecule has 2 fully saturated rings. The summed E-state index contributed by atoms with van der Waals surface area (Å²) in [6.45, 7) is 4.54. The quantitative estimate of drug-likeness (QED) is 0.876. The van der Waals surface area contributed by atoms with Gasteiger partial charge in [-0.2, -0.15) is 4.98 Å². The monoisotopic (exact) mass is 371 g/mol. The number of nitrogens with zero attached hydrogens (tertiary/aromatic N) is 4. The predicted octanol–water partition coefficient (Wildman–Crippen LogP) is 1.47. The number of carbonyl (C=O) groups excluding carboxylic acids is 2. The van der Waals surface area contributed by atoms with Crippen LogP contribution in [-0.2, 0) is 9.59 Å². The molecule has 8 nitrogen and oxygen atoms in total. The Morgan fingerprint density at radius 2 is 1.89 bits per heavy atom. The molecule has 0 aliphatic carbocycles. The highest BCUT2D eigenvalue weighted by Gasteiger charge is 2.33. The molecule has 0 spiro atoms. The molecule has 27 heavy (non-hydrogen) atoms. The lowest BCUT2D eigenvalue weighted by Gasteiger charge is -2.36. The SMILES string of the molecule is Cc1ccc2oc(N3CCC(C(=O)N4CCCC(C(N)=O)C4)CC3)nc2n1. The molecular weight excluding hydrogens is 346 g/mol. The average Bonchev–Trinajstić information content (AvgIpc) is 3.10. The van der Waals surface area contributed by atoms with Crippen LogP contribution in [0.3, 0.4) is 0 Å². The van der Waals surface area contributed by atoms with Crippen molar-refractivity contribution >= 4 is 29.1 Å². The predicted molar refractivity (Wildman–Crippen MR) is 100.0 cm³/mol. The van der Waals surface area contributed by atoms with Gasteiger partial charge in [-0.15, -0.1) is 0 Å². The summed E-state index contributed by atoms with van der Waals surface area (Å²) in [6.07, 6.45) is 3.12. The second kappa shape index (κ2) is 7.17. The number of hydrogen-bond donors (Lipinski definition) is 1. The molecule has 4 rings (SSSR count). The van der Waals surface area contributed by atoms with Crippen LogP contribution in [0, 0.1) is 18.8 Å². The standard InChI is InChI=1S/C19H25N5O3/c1-12-4-5-15-17(21-12)22-19(27-15)23-9-6-13(7-10-23)18(26)24-8-2-3-14(11-24)16(20)25/h4-5,13-14H,2-3,6-11H2,1H3,(H2,20,25). The number of pyridine rings is 1. The zero-order chi connectivity index (χ0) is 19.0. The maximum absolute atomic E-state index is 12.8. The Kier molecular flexibility index (Phi) is 4.72. The number of nitrogens with two attached hydrogens (primary N) is 1. The van der Waals surface area contributed by atoms with Gasteiger partial charge in [0.15, 0.2) is 5.58 Å². The smallest absolute Gasteiger partial charge is 0.299 e. The van der Waals surface area contributed by atoms with Crippen LogP contribution in [0.1, 0.15) is 31.4 Å². The molecular formula is C19H25N5O3. The van der Waals surface area contributed by atoms with Gasteiger partial charge < -0.3 is 20.0 Å².